The summed E-state index contributed by atoms with van der Waals surface area (Å²) >= 11 is 7.48. The van der Waals surface area contributed by atoms with Gasteiger partial charge in [-0.3, -0.25) is 14.2 Å². The highest BCUT2D eigenvalue weighted by Crippen LogP contribution is 2.25. The van der Waals surface area contributed by atoms with Crippen LogP contribution in [-0.4, -0.2) is 9.55 Å². The lowest BCUT2D eigenvalue weighted by Crippen LogP contribution is -2.28. The van der Waals surface area contributed by atoms with Crippen molar-refractivity contribution in [1.82, 2.24) is 9.55 Å². The molecule has 0 saturated carbocycles. The standard InChI is InChI=1S/C20H15ClN2O2S/c1-11(2)18-22-19-16(17(24)14-8-3-4-9-15(14)26-19)20(25)23(18)13-7-5-6-12(21)10-13/h3-11H,1-2H3. The van der Waals surface area contributed by atoms with Gasteiger partial charge in [0.05, 0.1) is 5.69 Å². The Morgan fingerprint density at radius 3 is 2.58 bits per heavy atom. The fraction of sp³-hybridized carbons (Fsp3) is 0.150. The molecule has 0 aliphatic heterocycles. The molecule has 0 atom stereocenters. The number of hydrogen-bond acceptors (Lipinski definition) is 4. The number of benzene rings is 2. The van der Waals surface area contributed by atoms with E-state index in [2.05, 4.69) is 0 Å². The summed E-state index contributed by atoms with van der Waals surface area (Å²) < 4.78 is 2.33. The number of rotatable bonds is 2. The third-order valence-electron chi connectivity index (χ3n) is 4.22. The first kappa shape index (κ1) is 16.9. The molecule has 2 aromatic heterocycles. The summed E-state index contributed by atoms with van der Waals surface area (Å²) in [6.45, 7) is 3.94. The molecule has 0 bridgehead atoms. The summed E-state index contributed by atoms with van der Waals surface area (Å²) in [7, 11) is 0. The largest absolute Gasteiger partial charge is 0.288 e. The van der Waals surface area contributed by atoms with Crippen LogP contribution < -0.4 is 11.0 Å². The molecule has 4 nitrogen and oxygen atoms in total. The minimum absolute atomic E-state index is 0.000135. The molecule has 130 valence electrons. The second-order valence-electron chi connectivity index (χ2n) is 6.35. The van der Waals surface area contributed by atoms with Crippen LogP contribution in [0, 0.1) is 0 Å². The normalized spacial score (nSPS) is 11.5. The van der Waals surface area contributed by atoms with Crippen LogP contribution in [0.5, 0.6) is 0 Å². The van der Waals surface area contributed by atoms with Gasteiger partial charge in [0.1, 0.15) is 16.0 Å². The van der Waals surface area contributed by atoms with Gasteiger partial charge in [0.2, 0.25) is 5.43 Å². The third-order valence-corrected chi connectivity index (χ3v) is 5.52. The number of hydrogen-bond donors (Lipinski definition) is 0. The predicted molar refractivity (Wildman–Crippen MR) is 108 cm³/mol. The topological polar surface area (TPSA) is 52.0 Å². The van der Waals surface area contributed by atoms with Gasteiger partial charge in [-0.15, -0.1) is 11.3 Å². The van der Waals surface area contributed by atoms with Crippen molar-refractivity contribution >= 4 is 43.2 Å². The average Bonchev–Trinajstić information content (AvgIpc) is 2.61. The fourth-order valence-electron chi connectivity index (χ4n) is 3.02. The van der Waals surface area contributed by atoms with Crippen molar-refractivity contribution in [2.24, 2.45) is 0 Å². The number of halogens is 1. The van der Waals surface area contributed by atoms with Gasteiger partial charge < -0.3 is 0 Å². The van der Waals surface area contributed by atoms with E-state index in [0.717, 1.165) is 4.70 Å². The maximum absolute atomic E-state index is 13.3. The van der Waals surface area contributed by atoms with Crippen molar-refractivity contribution < 1.29 is 0 Å². The van der Waals surface area contributed by atoms with Crippen LogP contribution >= 0.6 is 22.9 Å². The highest BCUT2D eigenvalue weighted by molar-refractivity contribution is 7.24. The monoisotopic (exact) mass is 382 g/mol. The molecule has 0 N–H and O–H groups in total. The molecule has 0 radical (unpaired) electrons. The molecule has 0 aliphatic carbocycles. The summed E-state index contributed by atoms with van der Waals surface area (Å²) in [4.78, 5) is 31.4. The highest BCUT2D eigenvalue weighted by atomic mass is 35.5. The molecule has 0 fully saturated rings. The van der Waals surface area contributed by atoms with Crippen LogP contribution in [-0.2, 0) is 0 Å². The van der Waals surface area contributed by atoms with E-state index in [1.54, 1.807) is 36.4 Å². The first-order valence-corrected chi connectivity index (χ1v) is 9.41. The highest BCUT2D eigenvalue weighted by Gasteiger charge is 2.19. The Morgan fingerprint density at radius 2 is 1.85 bits per heavy atom. The van der Waals surface area contributed by atoms with E-state index in [0.29, 0.717) is 26.8 Å². The predicted octanol–water partition coefficient (Wildman–Crippen LogP) is 4.74. The van der Waals surface area contributed by atoms with Crippen LogP contribution in [0.3, 0.4) is 0 Å². The fourth-order valence-corrected chi connectivity index (χ4v) is 4.25. The molecular weight excluding hydrogens is 368 g/mol. The Balaban J connectivity index is 2.21. The lowest BCUT2D eigenvalue weighted by Gasteiger charge is -2.16. The first-order chi connectivity index (χ1) is 12.5. The first-order valence-electron chi connectivity index (χ1n) is 8.22. The molecule has 26 heavy (non-hydrogen) atoms. The number of aromatic nitrogens is 2. The van der Waals surface area contributed by atoms with Crippen molar-refractivity contribution in [3.8, 4) is 5.69 Å². The van der Waals surface area contributed by atoms with Crippen LogP contribution in [0.1, 0.15) is 25.6 Å². The molecule has 0 spiro atoms. The minimum Gasteiger partial charge on any atom is -0.288 e. The zero-order valence-electron chi connectivity index (χ0n) is 14.2. The molecule has 0 aliphatic rings. The quantitative estimate of drug-likeness (QED) is 0.470. The van der Waals surface area contributed by atoms with E-state index in [4.69, 9.17) is 16.6 Å². The molecule has 4 aromatic rings. The van der Waals surface area contributed by atoms with E-state index < -0.39 is 0 Å². The average molecular weight is 383 g/mol. The van der Waals surface area contributed by atoms with Crippen molar-refractivity contribution in [2.75, 3.05) is 0 Å². The third kappa shape index (κ3) is 2.64. The number of fused-ring (bicyclic) bond motifs is 2. The Labute approximate surface area is 158 Å². The zero-order chi connectivity index (χ0) is 18.4. The summed E-state index contributed by atoms with van der Waals surface area (Å²) in [5, 5.41) is 1.18. The van der Waals surface area contributed by atoms with Gasteiger partial charge in [-0.25, -0.2) is 4.98 Å². The molecule has 6 heteroatoms. The van der Waals surface area contributed by atoms with Crippen LogP contribution in [0.25, 0.3) is 26.0 Å². The minimum atomic E-state index is -0.354. The van der Waals surface area contributed by atoms with Crippen LogP contribution in [0.4, 0.5) is 0 Å². The van der Waals surface area contributed by atoms with Crippen molar-refractivity contribution in [3.05, 3.63) is 80.0 Å². The van der Waals surface area contributed by atoms with Gasteiger partial charge in [-0.2, -0.15) is 0 Å². The zero-order valence-corrected chi connectivity index (χ0v) is 15.8. The molecule has 4 rings (SSSR count). The van der Waals surface area contributed by atoms with E-state index in [9.17, 15) is 9.59 Å². The smallest absolute Gasteiger partial charge is 0.270 e. The van der Waals surface area contributed by atoms with Gasteiger partial charge in [0.15, 0.2) is 0 Å². The van der Waals surface area contributed by atoms with Crippen molar-refractivity contribution in [3.63, 3.8) is 0 Å². The lowest BCUT2D eigenvalue weighted by molar-refractivity contribution is 0.724. The van der Waals surface area contributed by atoms with E-state index in [1.165, 1.54) is 15.9 Å². The Kier molecular flexibility index (Phi) is 4.13. The number of nitrogens with zero attached hydrogens (tertiary/aromatic N) is 2. The molecule has 2 aromatic carbocycles. The van der Waals surface area contributed by atoms with Crippen LogP contribution in [0.2, 0.25) is 5.02 Å². The Morgan fingerprint density at radius 1 is 1.08 bits per heavy atom. The van der Waals surface area contributed by atoms with E-state index in [-0.39, 0.29) is 22.3 Å². The summed E-state index contributed by atoms with van der Waals surface area (Å²) in [6, 6.07) is 14.3. The lowest BCUT2D eigenvalue weighted by atomic mass is 10.1. The second kappa shape index (κ2) is 6.34. The molecule has 0 saturated heterocycles. The SMILES string of the molecule is CC(C)c1nc2sc3ccccc3c(=O)c2c(=O)n1-c1cccc(Cl)c1. The maximum atomic E-state index is 13.3. The summed E-state index contributed by atoms with van der Waals surface area (Å²) in [5.74, 6) is 0.607. The Hall–Kier alpha value is -2.50. The second-order valence-corrected chi connectivity index (χ2v) is 7.82. The Bertz CT molecular complexity index is 1270. The molecule has 0 amide bonds. The van der Waals surface area contributed by atoms with E-state index in [1.807, 2.05) is 26.0 Å². The van der Waals surface area contributed by atoms with Gasteiger partial charge in [-0.05, 0) is 30.3 Å². The van der Waals surface area contributed by atoms with Gasteiger partial charge in [-0.1, -0.05) is 43.6 Å². The van der Waals surface area contributed by atoms with Crippen LogP contribution in [0.15, 0.2) is 58.1 Å². The molecular formula is C20H15ClN2O2S. The summed E-state index contributed by atoms with van der Waals surface area (Å²) in [6.07, 6.45) is 0. The maximum Gasteiger partial charge on any atom is 0.270 e. The molecule has 2 heterocycles. The van der Waals surface area contributed by atoms with Crippen molar-refractivity contribution in [2.45, 2.75) is 19.8 Å². The van der Waals surface area contributed by atoms with Gasteiger partial charge in [0, 0.05) is 21.0 Å². The van der Waals surface area contributed by atoms with E-state index >= 15 is 0 Å². The van der Waals surface area contributed by atoms with Crippen molar-refractivity contribution in [1.29, 1.82) is 0 Å². The molecule has 0 unspecified atom stereocenters. The van der Waals surface area contributed by atoms with Gasteiger partial charge in [0.25, 0.3) is 5.56 Å². The summed E-state index contributed by atoms with van der Waals surface area (Å²) in [5.41, 5.74) is -0.0240. The van der Waals surface area contributed by atoms with Gasteiger partial charge >= 0.3 is 0 Å².